The average molecular weight is 526 g/mol. The van der Waals surface area contributed by atoms with Crippen molar-refractivity contribution in [2.75, 3.05) is 31.2 Å². The summed E-state index contributed by atoms with van der Waals surface area (Å²) in [6.07, 6.45) is 2.32. The van der Waals surface area contributed by atoms with E-state index in [-0.39, 0.29) is 10.6 Å². The Morgan fingerprint density at radius 1 is 0.946 bits per heavy atom. The van der Waals surface area contributed by atoms with Crippen LogP contribution in [0, 0.1) is 0 Å². The van der Waals surface area contributed by atoms with Gasteiger partial charge >= 0.3 is 0 Å². The maximum Gasteiger partial charge on any atom is 0.264 e. The van der Waals surface area contributed by atoms with Gasteiger partial charge in [-0.2, -0.15) is 5.10 Å². The molecule has 0 radical (unpaired) electrons. The number of nitrogens with one attached hydrogen (secondary N) is 1. The topological polar surface area (TPSA) is 107 Å². The molecule has 1 amide bonds. The fraction of sp³-hybridized carbons (Fsp3) is 0.259. The monoisotopic (exact) mass is 525 g/mol. The molecular formula is C27H31N3O6S. The molecule has 0 spiro atoms. The Bertz CT molecular complexity index is 1310. The van der Waals surface area contributed by atoms with Crippen molar-refractivity contribution >= 4 is 27.8 Å². The molecule has 1 N–H and O–H groups in total. The SMILES string of the molecule is CCCOc1ccc(/C=N\NC(=O)CN(c2ccccc2OC)S(=O)(=O)c2ccccc2)cc1OCC. The molecule has 0 aromatic heterocycles. The summed E-state index contributed by atoms with van der Waals surface area (Å²) in [6.45, 7) is 4.42. The van der Waals surface area contributed by atoms with Crippen LogP contribution in [-0.4, -0.2) is 47.4 Å². The molecule has 3 aromatic carbocycles. The van der Waals surface area contributed by atoms with E-state index in [9.17, 15) is 13.2 Å². The zero-order valence-corrected chi connectivity index (χ0v) is 21.9. The molecule has 0 bridgehead atoms. The molecule has 37 heavy (non-hydrogen) atoms. The van der Waals surface area contributed by atoms with Gasteiger partial charge in [0.2, 0.25) is 0 Å². The number of sulfonamides is 1. The Morgan fingerprint density at radius 3 is 2.38 bits per heavy atom. The number of hydrazone groups is 1. The number of para-hydroxylation sites is 2. The molecular weight excluding hydrogens is 494 g/mol. The third-order valence-electron chi connectivity index (χ3n) is 5.10. The molecule has 196 valence electrons. The van der Waals surface area contributed by atoms with Crippen LogP contribution in [0.5, 0.6) is 17.2 Å². The molecule has 3 rings (SSSR count). The lowest BCUT2D eigenvalue weighted by Crippen LogP contribution is -2.39. The Hall–Kier alpha value is -4.05. The van der Waals surface area contributed by atoms with Crippen molar-refractivity contribution in [3.05, 3.63) is 78.4 Å². The number of amides is 1. The summed E-state index contributed by atoms with van der Waals surface area (Å²) < 4.78 is 44.6. The summed E-state index contributed by atoms with van der Waals surface area (Å²) in [5.41, 5.74) is 3.31. The molecule has 0 aliphatic heterocycles. The van der Waals surface area contributed by atoms with Gasteiger partial charge < -0.3 is 14.2 Å². The minimum atomic E-state index is -4.07. The summed E-state index contributed by atoms with van der Waals surface area (Å²) in [7, 11) is -2.64. The highest BCUT2D eigenvalue weighted by molar-refractivity contribution is 7.92. The normalized spacial score (nSPS) is 11.2. The fourth-order valence-electron chi connectivity index (χ4n) is 3.40. The van der Waals surface area contributed by atoms with Crippen LogP contribution in [-0.2, 0) is 14.8 Å². The molecule has 10 heteroatoms. The third-order valence-corrected chi connectivity index (χ3v) is 6.88. The predicted octanol–water partition coefficient (Wildman–Crippen LogP) is 4.23. The second kappa shape index (κ2) is 13.3. The second-order valence-corrected chi connectivity index (χ2v) is 9.64. The molecule has 0 fully saturated rings. The van der Waals surface area contributed by atoms with Crippen LogP contribution in [0.25, 0.3) is 0 Å². The van der Waals surface area contributed by atoms with Crippen molar-refractivity contribution < 1.29 is 27.4 Å². The summed E-state index contributed by atoms with van der Waals surface area (Å²) in [4.78, 5) is 12.9. The quantitative estimate of drug-likeness (QED) is 0.264. The minimum absolute atomic E-state index is 0.0473. The molecule has 0 heterocycles. The van der Waals surface area contributed by atoms with Crippen LogP contribution in [0.1, 0.15) is 25.8 Å². The van der Waals surface area contributed by atoms with Gasteiger partial charge in [-0.3, -0.25) is 9.10 Å². The van der Waals surface area contributed by atoms with E-state index in [4.69, 9.17) is 14.2 Å². The summed E-state index contributed by atoms with van der Waals surface area (Å²) in [6, 6.07) is 19.8. The summed E-state index contributed by atoms with van der Waals surface area (Å²) in [5, 5.41) is 4.01. The number of rotatable bonds is 13. The highest BCUT2D eigenvalue weighted by atomic mass is 32.2. The van der Waals surface area contributed by atoms with Gasteiger partial charge in [0.15, 0.2) is 11.5 Å². The van der Waals surface area contributed by atoms with E-state index in [1.165, 1.54) is 25.5 Å². The Morgan fingerprint density at radius 2 is 1.68 bits per heavy atom. The zero-order chi connectivity index (χ0) is 26.7. The smallest absolute Gasteiger partial charge is 0.264 e. The maximum atomic E-state index is 13.5. The Kier molecular flexibility index (Phi) is 9.91. The number of anilines is 1. The van der Waals surface area contributed by atoms with Crippen molar-refractivity contribution in [2.24, 2.45) is 5.10 Å². The van der Waals surface area contributed by atoms with Crippen LogP contribution >= 0.6 is 0 Å². The van der Waals surface area contributed by atoms with Crippen molar-refractivity contribution in [1.29, 1.82) is 0 Å². The van der Waals surface area contributed by atoms with Gasteiger partial charge in [-0.25, -0.2) is 13.8 Å². The lowest BCUT2D eigenvalue weighted by Gasteiger charge is -2.25. The Labute approximate surface area is 217 Å². The van der Waals surface area contributed by atoms with Gasteiger partial charge in [0, 0.05) is 0 Å². The van der Waals surface area contributed by atoms with Crippen molar-refractivity contribution in [3.8, 4) is 17.2 Å². The van der Waals surface area contributed by atoms with Gasteiger partial charge in [-0.15, -0.1) is 0 Å². The second-order valence-electron chi connectivity index (χ2n) is 7.78. The zero-order valence-electron chi connectivity index (χ0n) is 21.1. The maximum absolute atomic E-state index is 13.5. The molecule has 0 saturated heterocycles. The van der Waals surface area contributed by atoms with E-state index in [0.717, 1.165) is 10.7 Å². The first kappa shape index (κ1) is 27.5. The molecule has 0 saturated carbocycles. The molecule has 0 aliphatic rings. The largest absolute Gasteiger partial charge is 0.495 e. The number of hydrogen-bond donors (Lipinski definition) is 1. The predicted molar refractivity (Wildman–Crippen MR) is 143 cm³/mol. The first-order chi connectivity index (χ1) is 17.9. The molecule has 0 aliphatic carbocycles. The third kappa shape index (κ3) is 7.23. The van der Waals surface area contributed by atoms with Crippen molar-refractivity contribution in [3.63, 3.8) is 0 Å². The van der Waals surface area contributed by atoms with E-state index in [1.54, 1.807) is 60.7 Å². The first-order valence-electron chi connectivity index (χ1n) is 11.8. The highest BCUT2D eigenvalue weighted by Gasteiger charge is 2.29. The van der Waals surface area contributed by atoms with Crippen LogP contribution in [0.2, 0.25) is 0 Å². The molecule has 0 atom stereocenters. The van der Waals surface area contributed by atoms with E-state index in [1.807, 2.05) is 13.8 Å². The van der Waals surface area contributed by atoms with E-state index in [2.05, 4.69) is 10.5 Å². The highest BCUT2D eigenvalue weighted by Crippen LogP contribution is 2.32. The van der Waals surface area contributed by atoms with E-state index < -0.39 is 22.5 Å². The van der Waals surface area contributed by atoms with Crippen molar-refractivity contribution in [2.45, 2.75) is 25.2 Å². The summed E-state index contributed by atoms with van der Waals surface area (Å²) >= 11 is 0. The van der Waals surface area contributed by atoms with E-state index in [0.29, 0.717) is 36.0 Å². The number of carbonyl (C=O) groups is 1. The average Bonchev–Trinajstić information content (AvgIpc) is 2.92. The number of benzene rings is 3. The van der Waals surface area contributed by atoms with Crippen LogP contribution in [0.4, 0.5) is 5.69 Å². The molecule has 0 unspecified atom stereocenters. The van der Waals surface area contributed by atoms with Gasteiger partial charge in [-0.05, 0) is 61.4 Å². The van der Waals surface area contributed by atoms with Gasteiger partial charge in [-0.1, -0.05) is 37.3 Å². The minimum Gasteiger partial charge on any atom is -0.495 e. The number of carbonyl (C=O) groups excluding carboxylic acids is 1. The van der Waals surface area contributed by atoms with Gasteiger partial charge in [0.1, 0.15) is 12.3 Å². The standard InChI is InChI=1S/C27H31N3O6S/c1-4-17-36-25-16-15-21(18-26(25)35-5-2)19-28-29-27(31)20-30(23-13-9-10-14-24(23)34-3)37(32,33)22-11-7-6-8-12-22/h6-16,18-19H,4-5,17,20H2,1-3H3,(H,29,31)/b28-19-. The van der Waals surface area contributed by atoms with Crippen LogP contribution in [0.15, 0.2) is 82.8 Å². The van der Waals surface area contributed by atoms with Crippen molar-refractivity contribution in [1.82, 2.24) is 5.43 Å². The number of nitrogens with zero attached hydrogens (tertiary/aromatic N) is 2. The lowest BCUT2D eigenvalue weighted by atomic mass is 10.2. The number of methoxy groups -OCH3 is 1. The number of ether oxygens (including phenoxy) is 3. The fourth-order valence-corrected chi connectivity index (χ4v) is 4.86. The lowest BCUT2D eigenvalue weighted by molar-refractivity contribution is -0.119. The molecule has 3 aromatic rings. The first-order valence-corrected chi connectivity index (χ1v) is 13.3. The van der Waals surface area contributed by atoms with Crippen LogP contribution < -0.4 is 23.9 Å². The van der Waals surface area contributed by atoms with Crippen LogP contribution in [0.3, 0.4) is 0 Å². The van der Waals surface area contributed by atoms with Gasteiger partial charge in [0.25, 0.3) is 15.9 Å². The summed E-state index contributed by atoms with van der Waals surface area (Å²) in [5.74, 6) is 0.882. The molecule has 9 nitrogen and oxygen atoms in total. The van der Waals surface area contributed by atoms with E-state index >= 15 is 0 Å². The number of hydrogen-bond acceptors (Lipinski definition) is 7. The Balaban J connectivity index is 1.80. The van der Waals surface area contributed by atoms with Gasteiger partial charge in [0.05, 0.1) is 37.1 Å².